The lowest BCUT2D eigenvalue weighted by atomic mass is 10.3. The van der Waals surface area contributed by atoms with Gasteiger partial charge in [-0.3, -0.25) is 4.79 Å². The van der Waals surface area contributed by atoms with Gasteiger partial charge in [0.15, 0.2) is 11.5 Å². The molecule has 16 heavy (non-hydrogen) atoms. The van der Waals surface area contributed by atoms with Crippen molar-refractivity contribution in [2.75, 3.05) is 11.1 Å². The monoisotopic (exact) mass is 218 g/mol. The van der Waals surface area contributed by atoms with E-state index in [4.69, 9.17) is 5.73 Å². The summed E-state index contributed by atoms with van der Waals surface area (Å²) in [4.78, 5) is 15.7. The topological polar surface area (TPSA) is 110 Å². The molecule has 0 saturated heterocycles. The molecular weight excluding hydrogens is 208 g/mol. The highest BCUT2D eigenvalue weighted by Crippen LogP contribution is 2.08. The van der Waals surface area contributed by atoms with E-state index in [1.165, 1.54) is 0 Å². The van der Waals surface area contributed by atoms with Crippen LogP contribution in [-0.2, 0) is 0 Å². The zero-order valence-corrected chi connectivity index (χ0v) is 8.56. The number of pyridine rings is 1. The number of aromatic nitrogens is 4. The van der Waals surface area contributed by atoms with Crippen molar-refractivity contribution in [3.63, 3.8) is 0 Å². The lowest BCUT2D eigenvalue weighted by Gasteiger charge is -2.02. The third-order valence-electron chi connectivity index (χ3n) is 1.94. The SMILES string of the molecule is Cc1ccc(NC(=O)c2n[nH]nc2N)nc1. The maximum Gasteiger partial charge on any atom is 0.281 e. The number of nitrogens with one attached hydrogen (secondary N) is 2. The van der Waals surface area contributed by atoms with Crippen LogP contribution in [0.25, 0.3) is 0 Å². The van der Waals surface area contributed by atoms with E-state index >= 15 is 0 Å². The Bertz CT molecular complexity index is 503. The van der Waals surface area contributed by atoms with Crippen LogP contribution in [0.2, 0.25) is 0 Å². The highest BCUT2D eigenvalue weighted by molar-refractivity contribution is 6.05. The van der Waals surface area contributed by atoms with Crippen LogP contribution in [0, 0.1) is 6.92 Å². The summed E-state index contributed by atoms with van der Waals surface area (Å²) in [7, 11) is 0. The van der Waals surface area contributed by atoms with Crippen LogP contribution < -0.4 is 11.1 Å². The Morgan fingerprint density at radius 3 is 2.81 bits per heavy atom. The van der Waals surface area contributed by atoms with Gasteiger partial charge in [-0.2, -0.15) is 5.21 Å². The van der Waals surface area contributed by atoms with Gasteiger partial charge in [0.25, 0.3) is 5.91 Å². The van der Waals surface area contributed by atoms with E-state index in [1.54, 1.807) is 12.3 Å². The third kappa shape index (κ3) is 1.97. The van der Waals surface area contributed by atoms with Crippen molar-refractivity contribution in [2.45, 2.75) is 6.92 Å². The second kappa shape index (κ2) is 3.97. The van der Waals surface area contributed by atoms with Crippen LogP contribution in [0.4, 0.5) is 11.6 Å². The molecule has 0 radical (unpaired) electrons. The van der Waals surface area contributed by atoms with Crippen LogP contribution in [0.1, 0.15) is 16.1 Å². The Morgan fingerprint density at radius 2 is 2.25 bits per heavy atom. The van der Waals surface area contributed by atoms with Crippen LogP contribution >= 0.6 is 0 Å². The van der Waals surface area contributed by atoms with Gasteiger partial charge >= 0.3 is 0 Å². The van der Waals surface area contributed by atoms with E-state index in [0.717, 1.165) is 5.56 Å². The largest absolute Gasteiger partial charge is 0.380 e. The molecule has 0 aliphatic heterocycles. The number of anilines is 2. The molecule has 1 amide bonds. The number of H-pyrrole nitrogens is 1. The average molecular weight is 218 g/mol. The average Bonchev–Trinajstić information content (AvgIpc) is 2.68. The van der Waals surface area contributed by atoms with Gasteiger partial charge < -0.3 is 11.1 Å². The number of carbonyl (C=O) groups is 1. The van der Waals surface area contributed by atoms with Crippen LogP contribution in [0.3, 0.4) is 0 Å². The molecule has 0 atom stereocenters. The highest BCUT2D eigenvalue weighted by atomic mass is 16.2. The minimum atomic E-state index is -0.442. The fourth-order valence-corrected chi connectivity index (χ4v) is 1.12. The number of nitrogen functional groups attached to an aromatic ring is 1. The second-order valence-corrected chi connectivity index (χ2v) is 3.23. The zero-order valence-electron chi connectivity index (χ0n) is 8.56. The summed E-state index contributed by atoms with van der Waals surface area (Å²) >= 11 is 0. The van der Waals surface area contributed by atoms with Crippen LogP contribution in [0.5, 0.6) is 0 Å². The fraction of sp³-hybridized carbons (Fsp3) is 0.111. The molecule has 2 heterocycles. The first-order valence-corrected chi connectivity index (χ1v) is 4.57. The van der Waals surface area contributed by atoms with Gasteiger partial charge in [0.05, 0.1) is 0 Å². The Balaban J connectivity index is 2.14. The molecule has 2 aromatic heterocycles. The van der Waals surface area contributed by atoms with E-state index in [1.807, 2.05) is 13.0 Å². The zero-order chi connectivity index (χ0) is 11.5. The van der Waals surface area contributed by atoms with Gasteiger partial charge in [-0.1, -0.05) is 6.07 Å². The number of hydrogen-bond acceptors (Lipinski definition) is 5. The molecule has 0 saturated carbocycles. The standard InChI is InChI=1S/C9H10N6O/c1-5-2-3-6(11-4-5)12-9(16)7-8(10)14-15-13-7/h2-4H,1H3,(H,11,12,16)(H3,10,13,14,15). The van der Waals surface area contributed by atoms with Crippen molar-refractivity contribution in [1.82, 2.24) is 20.4 Å². The summed E-state index contributed by atoms with van der Waals surface area (Å²) in [5, 5.41) is 12.0. The summed E-state index contributed by atoms with van der Waals surface area (Å²) in [6, 6.07) is 3.54. The van der Waals surface area contributed by atoms with E-state index in [0.29, 0.717) is 5.82 Å². The lowest BCUT2D eigenvalue weighted by Crippen LogP contribution is -2.15. The minimum absolute atomic E-state index is 0.0578. The van der Waals surface area contributed by atoms with Gasteiger partial charge in [0, 0.05) is 6.20 Å². The van der Waals surface area contributed by atoms with Gasteiger partial charge in [-0.15, -0.1) is 10.2 Å². The first-order chi connectivity index (χ1) is 7.66. The smallest absolute Gasteiger partial charge is 0.281 e. The van der Waals surface area contributed by atoms with Crippen LogP contribution in [-0.4, -0.2) is 26.3 Å². The summed E-state index contributed by atoms with van der Waals surface area (Å²) in [5.74, 6) is 0.0604. The van der Waals surface area contributed by atoms with Gasteiger partial charge in [0.1, 0.15) is 5.82 Å². The predicted octanol–water partition coefficient (Wildman–Crippen LogP) is 0.343. The molecule has 82 valence electrons. The van der Waals surface area contributed by atoms with Gasteiger partial charge in [-0.25, -0.2) is 4.98 Å². The normalized spacial score (nSPS) is 10.1. The summed E-state index contributed by atoms with van der Waals surface area (Å²) < 4.78 is 0. The number of aryl methyl sites for hydroxylation is 1. The van der Waals surface area contributed by atoms with E-state index in [9.17, 15) is 4.79 Å². The summed E-state index contributed by atoms with van der Waals surface area (Å²) in [6.45, 7) is 1.91. The molecule has 7 heteroatoms. The lowest BCUT2D eigenvalue weighted by molar-refractivity contribution is 0.102. The minimum Gasteiger partial charge on any atom is -0.380 e. The number of nitrogens with zero attached hydrogens (tertiary/aromatic N) is 3. The molecule has 0 fully saturated rings. The molecular formula is C9H10N6O. The Labute approximate surface area is 91.1 Å². The third-order valence-corrected chi connectivity index (χ3v) is 1.94. The maximum atomic E-state index is 11.6. The number of carbonyl (C=O) groups excluding carboxylic acids is 1. The predicted molar refractivity (Wildman–Crippen MR) is 57.7 cm³/mol. The molecule has 0 bridgehead atoms. The van der Waals surface area contributed by atoms with E-state index < -0.39 is 5.91 Å². The molecule has 2 rings (SSSR count). The van der Waals surface area contributed by atoms with Crippen molar-refractivity contribution >= 4 is 17.5 Å². The van der Waals surface area contributed by atoms with Crippen LogP contribution in [0.15, 0.2) is 18.3 Å². The van der Waals surface area contributed by atoms with Gasteiger partial charge in [-0.05, 0) is 18.6 Å². The quantitative estimate of drug-likeness (QED) is 0.673. The molecule has 0 unspecified atom stereocenters. The van der Waals surface area contributed by atoms with E-state index in [2.05, 4.69) is 25.7 Å². The van der Waals surface area contributed by atoms with Gasteiger partial charge in [0.2, 0.25) is 0 Å². The molecule has 0 spiro atoms. The Kier molecular flexibility index (Phi) is 2.50. The molecule has 2 aromatic rings. The first-order valence-electron chi connectivity index (χ1n) is 4.57. The molecule has 0 aliphatic carbocycles. The molecule has 4 N–H and O–H groups in total. The number of nitrogens with two attached hydrogens (primary N) is 1. The number of rotatable bonds is 2. The Morgan fingerprint density at radius 1 is 1.44 bits per heavy atom. The first kappa shape index (κ1) is 10.1. The van der Waals surface area contributed by atoms with Crippen molar-refractivity contribution in [3.8, 4) is 0 Å². The summed E-state index contributed by atoms with van der Waals surface area (Å²) in [5.41, 5.74) is 6.50. The highest BCUT2D eigenvalue weighted by Gasteiger charge is 2.14. The second-order valence-electron chi connectivity index (χ2n) is 3.23. The Hall–Kier alpha value is -2.44. The fourth-order valence-electron chi connectivity index (χ4n) is 1.12. The van der Waals surface area contributed by atoms with Crippen molar-refractivity contribution < 1.29 is 4.79 Å². The number of hydrogen-bond donors (Lipinski definition) is 3. The van der Waals surface area contributed by atoms with Crippen molar-refractivity contribution in [2.24, 2.45) is 0 Å². The number of amides is 1. The molecule has 0 aliphatic rings. The maximum absolute atomic E-state index is 11.6. The number of aromatic amines is 1. The van der Waals surface area contributed by atoms with Crippen molar-refractivity contribution in [1.29, 1.82) is 0 Å². The summed E-state index contributed by atoms with van der Waals surface area (Å²) in [6.07, 6.45) is 1.65. The molecule has 7 nitrogen and oxygen atoms in total. The van der Waals surface area contributed by atoms with E-state index in [-0.39, 0.29) is 11.5 Å². The molecule has 0 aromatic carbocycles. The van der Waals surface area contributed by atoms with Crippen molar-refractivity contribution in [3.05, 3.63) is 29.6 Å².